The van der Waals surface area contributed by atoms with Crippen LogP contribution in [0.15, 0.2) is 24.3 Å². The minimum Gasteiger partial charge on any atom is -0.380 e. The van der Waals surface area contributed by atoms with Gasteiger partial charge in [0.05, 0.1) is 6.61 Å². The first kappa shape index (κ1) is 18.2. The van der Waals surface area contributed by atoms with Gasteiger partial charge < -0.3 is 15.4 Å². The first-order valence-corrected chi connectivity index (χ1v) is 7.49. The summed E-state index contributed by atoms with van der Waals surface area (Å²) in [7, 11) is 1.64. The maximum Gasteiger partial charge on any atom is 0.225 e. The molecule has 0 heterocycles. The number of nitrogens with one attached hydrogen (secondary N) is 2. The van der Waals surface area contributed by atoms with E-state index in [2.05, 4.69) is 10.6 Å². The Labute approximate surface area is 132 Å². The Morgan fingerprint density at radius 1 is 1.23 bits per heavy atom. The van der Waals surface area contributed by atoms with Crippen molar-refractivity contribution in [1.29, 1.82) is 0 Å². The molecule has 122 valence electrons. The van der Waals surface area contributed by atoms with E-state index in [-0.39, 0.29) is 11.8 Å². The molecular weight excluding hydrogens is 280 g/mol. The lowest BCUT2D eigenvalue weighted by atomic mass is 9.96. The number of hydrogen-bond donors (Lipinski definition) is 2. The van der Waals surface area contributed by atoms with Gasteiger partial charge in [0.25, 0.3) is 0 Å². The molecule has 0 aromatic heterocycles. The van der Waals surface area contributed by atoms with Gasteiger partial charge in [-0.3, -0.25) is 9.59 Å². The van der Waals surface area contributed by atoms with Gasteiger partial charge in [-0.2, -0.15) is 0 Å². The Morgan fingerprint density at radius 2 is 1.95 bits per heavy atom. The summed E-state index contributed by atoms with van der Waals surface area (Å²) in [5.41, 5.74) is 1.38. The summed E-state index contributed by atoms with van der Waals surface area (Å²) < 4.78 is 5.06. The molecule has 22 heavy (non-hydrogen) atoms. The Kier molecular flexibility index (Phi) is 7.05. The average Bonchev–Trinajstić information content (AvgIpc) is 2.43. The van der Waals surface area contributed by atoms with E-state index in [0.29, 0.717) is 26.0 Å². The summed E-state index contributed by atoms with van der Waals surface area (Å²) in [5.74, 6) is -0.0558. The highest BCUT2D eigenvalue weighted by atomic mass is 16.5. The summed E-state index contributed by atoms with van der Waals surface area (Å²) in [6, 6.07) is 7.57. The van der Waals surface area contributed by atoms with Crippen molar-refractivity contribution >= 4 is 17.5 Å². The average molecular weight is 306 g/mol. The molecule has 0 saturated carbocycles. The van der Waals surface area contributed by atoms with Crippen LogP contribution >= 0.6 is 0 Å². The molecule has 0 aliphatic heterocycles. The fraction of sp³-hybridized carbons (Fsp3) is 0.529. The minimum absolute atomic E-state index is 0.000162. The maximum absolute atomic E-state index is 11.9. The summed E-state index contributed by atoms with van der Waals surface area (Å²) in [5, 5.41) is 5.68. The van der Waals surface area contributed by atoms with Crippen molar-refractivity contribution in [2.24, 2.45) is 5.41 Å². The van der Waals surface area contributed by atoms with Crippen molar-refractivity contribution < 1.29 is 14.3 Å². The molecule has 0 fully saturated rings. The fourth-order valence-corrected chi connectivity index (χ4v) is 1.85. The van der Waals surface area contributed by atoms with Crippen molar-refractivity contribution in [3.8, 4) is 0 Å². The van der Waals surface area contributed by atoms with Gasteiger partial charge >= 0.3 is 0 Å². The van der Waals surface area contributed by atoms with Crippen molar-refractivity contribution in [2.45, 2.75) is 40.2 Å². The lowest BCUT2D eigenvalue weighted by Gasteiger charge is -2.17. The highest BCUT2D eigenvalue weighted by Crippen LogP contribution is 2.13. The smallest absolute Gasteiger partial charge is 0.225 e. The SMILES string of the molecule is COCc1cccc(NC(=O)CCCNC(=O)C(C)(C)C)c1. The number of carbonyl (C=O) groups excluding carboxylic acids is 2. The molecule has 0 saturated heterocycles. The molecule has 5 heteroatoms. The largest absolute Gasteiger partial charge is 0.380 e. The first-order valence-electron chi connectivity index (χ1n) is 7.49. The normalized spacial score (nSPS) is 11.1. The minimum atomic E-state index is -0.399. The van der Waals surface area contributed by atoms with E-state index < -0.39 is 5.41 Å². The second kappa shape index (κ2) is 8.54. The summed E-state index contributed by atoms with van der Waals surface area (Å²) >= 11 is 0. The zero-order chi connectivity index (χ0) is 16.6. The van der Waals surface area contributed by atoms with E-state index in [0.717, 1.165) is 11.3 Å². The third-order valence-electron chi connectivity index (χ3n) is 3.07. The molecule has 5 nitrogen and oxygen atoms in total. The van der Waals surface area contributed by atoms with Gasteiger partial charge in [-0.05, 0) is 24.1 Å². The predicted octanol–water partition coefficient (Wildman–Crippen LogP) is 2.71. The van der Waals surface area contributed by atoms with Crippen LogP contribution in [0, 0.1) is 5.41 Å². The third kappa shape index (κ3) is 6.72. The number of amides is 2. The van der Waals surface area contributed by atoms with Gasteiger partial charge in [-0.25, -0.2) is 0 Å². The molecule has 0 aliphatic carbocycles. The topological polar surface area (TPSA) is 67.4 Å². The van der Waals surface area contributed by atoms with E-state index in [9.17, 15) is 9.59 Å². The zero-order valence-electron chi connectivity index (χ0n) is 13.9. The van der Waals surface area contributed by atoms with Gasteiger partial charge in [-0.1, -0.05) is 32.9 Å². The molecule has 0 spiro atoms. The lowest BCUT2D eigenvalue weighted by molar-refractivity contribution is -0.128. The molecule has 2 N–H and O–H groups in total. The maximum atomic E-state index is 11.9. The van der Waals surface area contributed by atoms with E-state index in [4.69, 9.17) is 4.74 Å². The Hall–Kier alpha value is -1.88. The van der Waals surface area contributed by atoms with Crippen LogP contribution in [0.25, 0.3) is 0 Å². The van der Waals surface area contributed by atoms with E-state index in [1.54, 1.807) is 7.11 Å². The molecule has 0 radical (unpaired) electrons. The van der Waals surface area contributed by atoms with Gasteiger partial charge in [0, 0.05) is 31.2 Å². The van der Waals surface area contributed by atoms with Crippen molar-refractivity contribution in [1.82, 2.24) is 5.32 Å². The number of benzene rings is 1. The number of anilines is 1. The number of ether oxygens (including phenoxy) is 1. The van der Waals surface area contributed by atoms with Crippen LogP contribution in [0.5, 0.6) is 0 Å². The van der Waals surface area contributed by atoms with E-state index in [1.807, 2.05) is 45.0 Å². The van der Waals surface area contributed by atoms with Gasteiger partial charge in [0.2, 0.25) is 11.8 Å². The standard InChI is InChI=1S/C17H26N2O3/c1-17(2,3)16(21)18-10-6-9-15(20)19-14-8-5-7-13(11-14)12-22-4/h5,7-8,11H,6,9-10,12H2,1-4H3,(H,18,21)(H,19,20). The van der Waals surface area contributed by atoms with Crippen LogP contribution in [0.1, 0.15) is 39.2 Å². The summed E-state index contributed by atoms with van der Waals surface area (Å²) in [6.45, 7) is 6.61. The molecular formula is C17H26N2O3. The third-order valence-corrected chi connectivity index (χ3v) is 3.07. The molecule has 0 atom stereocenters. The first-order chi connectivity index (χ1) is 10.3. The van der Waals surface area contributed by atoms with Gasteiger partial charge in [0.15, 0.2) is 0 Å². The molecule has 1 aromatic rings. The summed E-state index contributed by atoms with van der Waals surface area (Å²) in [4.78, 5) is 23.5. The van der Waals surface area contributed by atoms with Gasteiger partial charge in [0.1, 0.15) is 0 Å². The lowest BCUT2D eigenvalue weighted by Crippen LogP contribution is -2.35. The fourth-order valence-electron chi connectivity index (χ4n) is 1.85. The van der Waals surface area contributed by atoms with Crippen LogP contribution in [0.4, 0.5) is 5.69 Å². The molecule has 2 amide bonds. The monoisotopic (exact) mass is 306 g/mol. The molecule has 0 unspecified atom stereocenters. The van der Waals surface area contributed by atoms with Crippen LogP contribution in [-0.2, 0) is 20.9 Å². The number of carbonyl (C=O) groups is 2. The van der Waals surface area contributed by atoms with Crippen LogP contribution in [0.3, 0.4) is 0 Å². The van der Waals surface area contributed by atoms with Crippen molar-refractivity contribution in [2.75, 3.05) is 19.0 Å². The summed E-state index contributed by atoms with van der Waals surface area (Å²) in [6.07, 6.45) is 0.990. The van der Waals surface area contributed by atoms with Gasteiger partial charge in [-0.15, -0.1) is 0 Å². The number of rotatable bonds is 7. The zero-order valence-corrected chi connectivity index (χ0v) is 13.9. The van der Waals surface area contributed by atoms with Crippen LogP contribution in [0.2, 0.25) is 0 Å². The highest BCUT2D eigenvalue weighted by molar-refractivity contribution is 5.90. The van der Waals surface area contributed by atoms with Crippen LogP contribution < -0.4 is 10.6 Å². The number of hydrogen-bond acceptors (Lipinski definition) is 3. The van der Waals surface area contributed by atoms with Crippen molar-refractivity contribution in [3.63, 3.8) is 0 Å². The molecule has 1 rings (SSSR count). The predicted molar refractivity (Wildman–Crippen MR) is 87.5 cm³/mol. The second-order valence-corrected chi connectivity index (χ2v) is 6.29. The highest BCUT2D eigenvalue weighted by Gasteiger charge is 2.20. The van der Waals surface area contributed by atoms with E-state index >= 15 is 0 Å². The Morgan fingerprint density at radius 3 is 2.59 bits per heavy atom. The molecule has 1 aromatic carbocycles. The van der Waals surface area contributed by atoms with E-state index in [1.165, 1.54) is 0 Å². The van der Waals surface area contributed by atoms with Crippen LogP contribution in [-0.4, -0.2) is 25.5 Å². The molecule has 0 aliphatic rings. The number of methoxy groups -OCH3 is 1. The second-order valence-electron chi connectivity index (χ2n) is 6.29. The Balaban J connectivity index is 2.32. The quantitative estimate of drug-likeness (QED) is 0.761. The Bertz CT molecular complexity index is 507. The molecule has 0 bridgehead atoms. The van der Waals surface area contributed by atoms with Crippen molar-refractivity contribution in [3.05, 3.63) is 29.8 Å².